The Labute approximate surface area is 115 Å². The maximum absolute atomic E-state index is 12.1. The van der Waals surface area contributed by atoms with E-state index >= 15 is 0 Å². The van der Waals surface area contributed by atoms with Crippen molar-refractivity contribution in [2.75, 3.05) is 31.6 Å². The molecule has 1 amide bonds. The number of nitrogens with one attached hydrogen (secondary N) is 2. The van der Waals surface area contributed by atoms with E-state index in [9.17, 15) is 4.79 Å². The van der Waals surface area contributed by atoms with Gasteiger partial charge in [0.1, 0.15) is 6.04 Å². The molecule has 0 aromatic heterocycles. The van der Waals surface area contributed by atoms with E-state index in [4.69, 9.17) is 0 Å². The van der Waals surface area contributed by atoms with Crippen LogP contribution in [0.4, 0.5) is 5.69 Å². The van der Waals surface area contributed by atoms with Crippen molar-refractivity contribution < 1.29 is 4.79 Å². The quantitative estimate of drug-likeness (QED) is 0.855. The number of hydrogen-bond donors (Lipinski definition) is 2. The first-order chi connectivity index (χ1) is 9.26. The van der Waals surface area contributed by atoms with Gasteiger partial charge in [0.05, 0.1) is 0 Å². The molecule has 0 radical (unpaired) electrons. The van der Waals surface area contributed by atoms with E-state index in [0.29, 0.717) is 6.54 Å². The number of anilines is 1. The summed E-state index contributed by atoms with van der Waals surface area (Å²) < 4.78 is 0. The number of nitrogens with zero attached hydrogens (tertiary/aromatic N) is 1. The first kappa shape index (κ1) is 13.9. The van der Waals surface area contributed by atoms with Crippen LogP contribution in [0.3, 0.4) is 0 Å². The summed E-state index contributed by atoms with van der Waals surface area (Å²) in [6.07, 6.45) is 2.03. The zero-order valence-electron chi connectivity index (χ0n) is 11.8. The van der Waals surface area contributed by atoms with Crippen LogP contribution in [0.2, 0.25) is 0 Å². The van der Waals surface area contributed by atoms with Crippen LogP contribution in [0.5, 0.6) is 0 Å². The molecule has 19 heavy (non-hydrogen) atoms. The van der Waals surface area contributed by atoms with Gasteiger partial charge in [0, 0.05) is 25.3 Å². The Bertz CT molecular complexity index is 416. The van der Waals surface area contributed by atoms with Crippen molar-refractivity contribution >= 4 is 11.6 Å². The number of hydrogen-bond acceptors (Lipinski definition) is 3. The van der Waals surface area contributed by atoms with Crippen LogP contribution >= 0.6 is 0 Å². The minimum absolute atomic E-state index is 0.117. The summed E-state index contributed by atoms with van der Waals surface area (Å²) in [5.74, 6) is 0.117. The molecule has 0 bridgehead atoms. The van der Waals surface area contributed by atoms with Crippen LogP contribution in [-0.2, 0) is 11.2 Å². The summed E-state index contributed by atoms with van der Waals surface area (Å²) in [7, 11) is 1.89. The Morgan fingerprint density at radius 1 is 1.37 bits per heavy atom. The maximum Gasteiger partial charge on any atom is 0.244 e. The number of likely N-dealkylation sites (N-methyl/N-ethyl adjacent to an activating group) is 1. The standard InChI is InChI=1S/C15H23N3O/c1-3-12-5-7-13(8-6-12)18-10-4-9-17-15(19)14(18)11-16-2/h5-8,14,16H,3-4,9-11H2,1-2H3,(H,17,19). The lowest BCUT2D eigenvalue weighted by Gasteiger charge is -2.30. The van der Waals surface area contributed by atoms with Crippen LogP contribution in [-0.4, -0.2) is 38.6 Å². The van der Waals surface area contributed by atoms with E-state index in [1.165, 1.54) is 5.56 Å². The predicted octanol–water partition coefficient (Wildman–Crippen LogP) is 1.16. The second kappa shape index (κ2) is 6.57. The lowest BCUT2D eigenvalue weighted by Crippen LogP contribution is -2.49. The Kier molecular flexibility index (Phi) is 4.80. The normalized spacial score (nSPS) is 20.0. The van der Waals surface area contributed by atoms with Gasteiger partial charge >= 0.3 is 0 Å². The van der Waals surface area contributed by atoms with Crippen LogP contribution in [0.1, 0.15) is 18.9 Å². The molecule has 1 atom stereocenters. The second-order valence-electron chi connectivity index (χ2n) is 4.93. The first-order valence-corrected chi connectivity index (χ1v) is 7.04. The molecule has 1 aromatic rings. The predicted molar refractivity (Wildman–Crippen MR) is 78.5 cm³/mol. The third-order valence-electron chi connectivity index (χ3n) is 3.63. The fourth-order valence-corrected chi connectivity index (χ4v) is 2.50. The molecule has 1 aromatic carbocycles. The molecule has 4 nitrogen and oxygen atoms in total. The zero-order valence-corrected chi connectivity index (χ0v) is 11.8. The van der Waals surface area contributed by atoms with E-state index < -0.39 is 0 Å². The molecule has 1 unspecified atom stereocenters. The molecule has 2 N–H and O–H groups in total. The molecule has 4 heteroatoms. The van der Waals surface area contributed by atoms with Gasteiger partial charge in [0.15, 0.2) is 0 Å². The van der Waals surface area contributed by atoms with Gasteiger partial charge in [-0.05, 0) is 37.6 Å². The van der Waals surface area contributed by atoms with Gasteiger partial charge < -0.3 is 15.5 Å². The number of carbonyl (C=O) groups is 1. The van der Waals surface area contributed by atoms with Crippen molar-refractivity contribution in [2.45, 2.75) is 25.8 Å². The molecular formula is C15H23N3O. The molecule has 0 spiro atoms. The van der Waals surface area contributed by atoms with Gasteiger partial charge in [0.25, 0.3) is 0 Å². The van der Waals surface area contributed by atoms with E-state index in [0.717, 1.165) is 31.6 Å². The molecule has 1 saturated heterocycles. The van der Waals surface area contributed by atoms with Crippen molar-refractivity contribution in [1.82, 2.24) is 10.6 Å². The summed E-state index contributed by atoms with van der Waals surface area (Å²) >= 11 is 0. The van der Waals surface area contributed by atoms with Crippen LogP contribution in [0.15, 0.2) is 24.3 Å². The third kappa shape index (κ3) is 3.26. The SMILES string of the molecule is CCc1ccc(N2CCCNC(=O)C2CNC)cc1. The minimum atomic E-state index is -0.125. The van der Waals surface area contributed by atoms with Gasteiger partial charge in [0.2, 0.25) is 5.91 Å². The fourth-order valence-electron chi connectivity index (χ4n) is 2.50. The van der Waals surface area contributed by atoms with Crippen molar-refractivity contribution in [3.8, 4) is 0 Å². The lowest BCUT2D eigenvalue weighted by atomic mass is 10.1. The van der Waals surface area contributed by atoms with Crippen LogP contribution in [0, 0.1) is 0 Å². The summed E-state index contributed by atoms with van der Waals surface area (Å²) in [6, 6.07) is 8.42. The topological polar surface area (TPSA) is 44.4 Å². The smallest absolute Gasteiger partial charge is 0.244 e. The minimum Gasteiger partial charge on any atom is -0.358 e. The lowest BCUT2D eigenvalue weighted by molar-refractivity contribution is -0.121. The highest BCUT2D eigenvalue weighted by Crippen LogP contribution is 2.20. The highest BCUT2D eigenvalue weighted by atomic mass is 16.2. The molecule has 1 aliphatic heterocycles. The largest absolute Gasteiger partial charge is 0.358 e. The zero-order chi connectivity index (χ0) is 13.7. The summed E-state index contributed by atoms with van der Waals surface area (Å²) in [4.78, 5) is 14.3. The monoisotopic (exact) mass is 261 g/mol. The van der Waals surface area contributed by atoms with E-state index in [-0.39, 0.29) is 11.9 Å². The molecule has 1 heterocycles. The first-order valence-electron chi connectivity index (χ1n) is 7.04. The number of carbonyl (C=O) groups excluding carboxylic acids is 1. The molecule has 1 aliphatic rings. The van der Waals surface area contributed by atoms with Crippen molar-refractivity contribution in [1.29, 1.82) is 0 Å². The van der Waals surface area contributed by atoms with Crippen LogP contribution in [0.25, 0.3) is 0 Å². The molecule has 0 saturated carbocycles. The Morgan fingerprint density at radius 2 is 2.11 bits per heavy atom. The highest BCUT2D eigenvalue weighted by Gasteiger charge is 2.27. The van der Waals surface area contributed by atoms with Gasteiger partial charge in [-0.15, -0.1) is 0 Å². The van der Waals surface area contributed by atoms with Gasteiger partial charge in [-0.25, -0.2) is 0 Å². The van der Waals surface area contributed by atoms with Gasteiger partial charge in [-0.1, -0.05) is 19.1 Å². The molecule has 0 aliphatic carbocycles. The van der Waals surface area contributed by atoms with E-state index in [1.807, 2.05) is 7.05 Å². The Balaban J connectivity index is 2.23. The van der Waals surface area contributed by atoms with Crippen molar-refractivity contribution in [3.05, 3.63) is 29.8 Å². The number of rotatable bonds is 4. The van der Waals surface area contributed by atoms with E-state index in [2.05, 4.69) is 46.7 Å². The van der Waals surface area contributed by atoms with Crippen LogP contribution < -0.4 is 15.5 Å². The fraction of sp³-hybridized carbons (Fsp3) is 0.533. The summed E-state index contributed by atoms with van der Waals surface area (Å²) in [5.41, 5.74) is 2.46. The van der Waals surface area contributed by atoms with Crippen molar-refractivity contribution in [3.63, 3.8) is 0 Å². The average Bonchev–Trinajstić information content (AvgIpc) is 2.62. The molecule has 1 fully saturated rings. The average molecular weight is 261 g/mol. The summed E-state index contributed by atoms with van der Waals surface area (Å²) in [5, 5.41) is 6.10. The molecule has 104 valence electrons. The molecular weight excluding hydrogens is 238 g/mol. The summed E-state index contributed by atoms with van der Waals surface area (Å²) in [6.45, 7) is 4.50. The second-order valence-corrected chi connectivity index (χ2v) is 4.93. The van der Waals surface area contributed by atoms with Crippen molar-refractivity contribution in [2.24, 2.45) is 0 Å². The number of amides is 1. The maximum atomic E-state index is 12.1. The third-order valence-corrected chi connectivity index (χ3v) is 3.63. The highest BCUT2D eigenvalue weighted by molar-refractivity contribution is 5.86. The Morgan fingerprint density at radius 3 is 2.74 bits per heavy atom. The molecule has 2 rings (SSSR count). The Hall–Kier alpha value is -1.55. The number of benzene rings is 1. The van der Waals surface area contributed by atoms with E-state index in [1.54, 1.807) is 0 Å². The van der Waals surface area contributed by atoms with Gasteiger partial charge in [-0.3, -0.25) is 4.79 Å². The van der Waals surface area contributed by atoms with Gasteiger partial charge in [-0.2, -0.15) is 0 Å². The number of aryl methyl sites for hydroxylation is 1.